The van der Waals surface area contributed by atoms with E-state index in [1.54, 1.807) is 6.20 Å². The van der Waals surface area contributed by atoms with Crippen molar-refractivity contribution in [2.45, 2.75) is 68.5 Å². The highest BCUT2D eigenvalue weighted by molar-refractivity contribution is 7.89. The molecule has 1 aromatic rings. The molecule has 0 atom stereocenters. The van der Waals surface area contributed by atoms with Crippen LogP contribution in [0.15, 0.2) is 11.2 Å². The summed E-state index contributed by atoms with van der Waals surface area (Å²) in [7, 11) is -3.55. The van der Waals surface area contributed by atoms with Crippen LogP contribution in [0.25, 0.3) is 0 Å². The summed E-state index contributed by atoms with van der Waals surface area (Å²) in [6.07, 6.45) is 9.80. The van der Waals surface area contributed by atoms with E-state index in [4.69, 9.17) is 5.73 Å². The van der Waals surface area contributed by atoms with E-state index in [0.29, 0.717) is 6.54 Å². The van der Waals surface area contributed by atoms with Crippen molar-refractivity contribution >= 4 is 10.0 Å². The summed E-state index contributed by atoms with van der Waals surface area (Å²) in [6.45, 7) is 1.16. The van der Waals surface area contributed by atoms with Gasteiger partial charge in [0.15, 0.2) is 5.03 Å². The first-order valence-corrected chi connectivity index (χ1v) is 9.32. The van der Waals surface area contributed by atoms with E-state index in [1.807, 2.05) is 4.57 Å². The molecule has 3 N–H and O–H groups in total. The van der Waals surface area contributed by atoms with Crippen LogP contribution in [0.1, 0.15) is 50.8 Å². The number of nitrogens with one attached hydrogen (secondary N) is 1. The van der Waals surface area contributed by atoms with E-state index in [2.05, 4.69) is 9.71 Å². The lowest BCUT2D eigenvalue weighted by molar-refractivity contribution is 0.296. The number of aryl methyl sites for hydroxylation is 2. The standard InChI is InChI=1S/C14H24N4O2S/c15-14(7-3-1-4-8-14)11-16-21(19,20)13-10-18-9-5-2-6-12(18)17-13/h10,16H,1-9,11,15H2. The number of aromatic nitrogens is 2. The molecule has 1 fully saturated rings. The zero-order valence-corrected chi connectivity index (χ0v) is 13.2. The Labute approximate surface area is 126 Å². The summed E-state index contributed by atoms with van der Waals surface area (Å²) in [4.78, 5) is 4.28. The summed E-state index contributed by atoms with van der Waals surface area (Å²) < 4.78 is 29.4. The van der Waals surface area contributed by atoms with Gasteiger partial charge in [-0.05, 0) is 25.7 Å². The molecule has 0 bridgehead atoms. The number of hydrogen-bond acceptors (Lipinski definition) is 4. The van der Waals surface area contributed by atoms with Gasteiger partial charge in [0.25, 0.3) is 10.0 Å². The first-order chi connectivity index (χ1) is 9.99. The quantitative estimate of drug-likeness (QED) is 0.873. The van der Waals surface area contributed by atoms with Crippen LogP contribution in [0.2, 0.25) is 0 Å². The van der Waals surface area contributed by atoms with Gasteiger partial charge in [-0.15, -0.1) is 0 Å². The molecule has 118 valence electrons. The normalized spacial score (nSPS) is 22.0. The second kappa shape index (κ2) is 5.70. The molecule has 6 nitrogen and oxygen atoms in total. The van der Waals surface area contributed by atoms with E-state index in [-0.39, 0.29) is 5.03 Å². The van der Waals surface area contributed by atoms with Gasteiger partial charge in [-0.1, -0.05) is 19.3 Å². The fraction of sp³-hybridized carbons (Fsp3) is 0.786. The van der Waals surface area contributed by atoms with Gasteiger partial charge in [0.2, 0.25) is 0 Å². The molecule has 7 heteroatoms. The Kier molecular flexibility index (Phi) is 4.07. The maximum absolute atomic E-state index is 12.4. The Morgan fingerprint density at radius 3 is 2.71 bits per heavy atom. The average Bonchev–Trinajstić information content (AvgIpc) is 2.91. The molecular formula is C14H24N4O2S. The highest BCUT2D eigenvalue weighted by Crippen LogP contribution is 2.25. The third-order valence-corrected chi connectivity index (χ3v) is 5.90. The van der Waals surface area contributed by atoms with E-state index in [1.165, 1.54) is 6.42 Å². The van der Waals surface area contributed by atoms with Crippen molar-refractivity contribution in [3.8, 4) is 0 Å². The zero-order valence-electron chi connectivity index (χ0n) is 12.3. The Balaban J connectivity index is 1.70. The highest BCUT2D eigenvalue weighted by Gasteiger charge is 2.30. The van der Waals surface area contributed by atoms with Crippen LogP contribution in [-0.2, 0) is 23.0 Å². The molecule has 3 rings (SSSR count). The Morgan fingerprint density at radius 2 is 2.00 bits per heavy atom. The van der Waals surface area contributed by atoms with Crippen molar-refractivity contribution in [2.75, 3.05) is 6.54 Å². The lowest BCUT2D eigenvalue weighted by Gasteiger charge is -2.33. The molecule has 0 aromatic carbocycles. The van der Waals surface area contributed by atoms with Crippen molar-refractivity contribution in [3.05, 3.63) is 12.0 Å². The van der Waals surface area contributed by atoms with Crippen LogP contribution < -0.4 is 10.5 Å². The molecule has 0 radical (unpaired) electrons. The van der Waals surface area contributed by atoms with Crippen LogP contribution in [0, 0.1) is 0 Å². The molecule has 0 saturated heterocycles. The third-order valence-electron chi connectivity index (χ3n) is 4.63. The van der Waals surface area contributed by atoms with Crippen molar-refractivity contribution in [3.63, 3.8) is 0 Å². The van der Waals surface area contributed by atoms with Gasteiger partial charge in [0, 0.05) is 31.2 Å². The van der Waals surface area contributed by atoms with E-state index >= 15 is 0 Å². The predicted octanol–water partition coefficient (Wildman–Crippen LogP) is 1.16. The Morgan fingerprint density at radius 1 is 1.24 bits per heavy atom. The van der Waals surface area contributed by atoms with Gasteiger partial charge in [0.05, 0.1) is 0 Å². The van der Waals surface area contributed by atoms with Gasteiger partial charge < -0.3 is 10.3 Å². The first kappa shape index (κ1) is 15.0. The van der Waals surface area contributed by atoms with Crippen LogP contribution in [-0.4, -0.2) is 30.1 Å². The minimum Gasteiger partial charge on any atom is -0.333 e. The molecule has 1 aliphatic heterocycles. The SMILES string of the molecule is NC1(CNS(=O)(=O)c2cn3c(n2)CCCC3)CCCCC1. The van der Waals surface area contributed by atoms with Crippen molar-refractivity contribution in [2.24, 2.45) is 5.73 Å². The molecule has 1 saturated carbocycles. The number of nitrogens with two attached hydrogens (primary N) is 1. The van der Waals surface area contributed by atoms with Gasteiger partial charge >= 0.3 is 0 Å². The van der Waals surface area contributed by atoms with Crippen LogP contribution in [0.4, 0.5) is 0 Å². The molecule has 2 heterocycles. The zero-order chi connectivity index (χ0) is 14.9. The molecular weight excluding hydrogens is 288 g/mol. The summed E-state index contributed by atoms with van der Waals surface area (Å²) in [5, 5.41) is 0.138. The summed E-state index contributed by atoms with van der Waals surface area (Å²) in [6, 6.07) is 0. The third kappa shape index (κ3) is 3.30. The van der Waals surface area contributed by atoms with E-state index in [0.717, 1.165) is 57.3 Å². The fourth-order valence-corrected chi connectivity index (χ4v) is 4.38. The summed E-state index contributed by atoms with van der Waals surface area (Å²) in [5.74, 6) is 0.877. The molecule has 1 aliphatic carbocycles. The number of hydrogen-bond donors (Lipinski definition) is 2. The Hall–Kier alpha value is -0.920. The van der Waals surface area contributed by atoms with Crippen molar-refractivity contribution < 1.29 is 8.42 Å². The van der Waals surface area contributed by atoms with Gasteiger partial charge in [0.1, 0.15) is 5.82 Å². The first-order valence-electron chi connectivity index (χ1n) is 7.83. The van der Waals surface area contributed by atoms with Gasteiger partial charge in [-0.25, -0.2) is 18.1 Å². The largest absolute Gasteiger partial charge is 0.333 e. The maximum atomic E-state index is 12.4. The molecule has 1 aromatic heterocycles. The minimum absolute atomic E-state index is 0.138. The maximum Gasteiger partial charge on any atom is 0.259 e. The molecule has 0 amide bonds. The van der Waals surface area contributed by atoms with Crippen LogP contribution in [0.5, 0.6) is 0 Å². The van der Waals surface area contributed by atoms with Crippen LogP contribution >= 0.6 is 0 Å². The monoisotopic (exact) mass is 312 g/mol. The molecule has 0 unspecified atom stereocenters. The van der Waals surface area contributed by atoms with Gasteiger partial charge in [-0.2, -0.15) is 0 Å². The number of rotatable bonds is 4. The predicted molar refractivity (Wildman–Crippen MR) is 80.4 cm³/mol. The van der Waals surface area contributed by atoms with E-state index < -0.39 is 15.6 Å². The number of fused-ring (bicyclic) bond motifs is 1. The minimum atomic E-state index is -3.55. The Bertz CT molecular complexity index is 579. The van der Waals surface area contributed by atoms with Gasteiger partial charge in [-0.3, -0.25) is 0 Å². The van der Waals surface area contributed by atoms with E-state index in [9.17, 15) is 8.42 Å². The lowest BCUT2D eigenvalue weighted by Crippen LogP contribution is -2.51. The lowest BCUT2D eigenvalue weighted by atomic mass is 9.83. The number of nitrogens with zero attached hydrogens (tertiary/aromatic N) is 2. The molecule has 2 aliphatic rings. The second-order valence-corrected chi connectivity index (χ2v) is 8.11. The summed E-state index contributed by atoms with van der Waals surface area (Å²) >= 11 is 0. The smallest absolute Gasteiger partial charge is 0.259 e. The number of imidazole rings is 1. The number of sulfonamides is 1. The topological polar surface area (TPSA) is 90.0 Å². The van der Waals surface area contributed by atoms with Crippen molar-refractivity contribution in [1.29, 1.82) is 0 Å². The molecule has 21 heavy (non-hydrogen) atoms. The fourth-order valence-electron chi connectivity index (χ4n) is 3.26. The van der Waals surface area contributed by atoms with Crippen molar-refractivity contribution in [1.82, 2.24) is 14.3 Å². The van der Waals surface area contributed by atoms with Crippen LogP contribution in [0.3, 0.4) is 0 Å². The highest BCUT2D eigenvalue weighted by atomic mass is 32.2. The second-order valence-electron chi connectivity index (χ2n) is 6.39. The average molecular weight is 312 g/mol. The summed E-state index contributed by atoms with van der Waals surface area (Å²) in [5.41, 5.74) is 5.89. The molecule has 0 spiro atoms.